The van der Waals surface area contributed by atoms with Crippen molar-refractivity contribution in [2.24, 2.45) is 10.9 Å². The second kappa shape index (κ2) is 8.18. The van der Waals surface area contributed by atoms with E-state index in [9.17, 15) is 0 Å². The fraction of sp³-hybridized carbons (Fsp3) is 0.139. The zero-order chi connectivity index (χ0) is 26.2. The van der Waals surface area contributed by atoms with Gasteiger partial charge in [0.15, 0.2) is 0 Å². The van der Waals surface area contributed by atoms with Gasteiger partial charge >= 0.3 is 0 Å². The van der Waals surface area contributed by atoms with Crippen LogP contribution in [0.3, 0.4) is 0 Å². The van der Waals surface area contributed by atoms with Gasteiger partial charge in [0.2, 0.25) is 0 Å². The van der Waals surface area contributed by atoms with Crippen molar-refractivity contribution in [3.63, 3.8) is 0 Å². The van der Waals surface area contributed by atoms with E-state index >= 15 is 0 Å². The molecule has 0 N–H and O–H groups in total. The second-order valence-corrected chi connectivity index (χ2v) is 11.0. The van der Waals surface area contributed by atoms with Crippen LogP contribution >= 0.6 is 0 Å². The number of nitrogens with zero attached hydrogens (tertiary/aromatic N) is 2. The molecule has 3 nitrogen and oxygen atoms in total. The lowest BCUT2D eigenvalue weighted by Gasteiger charge is -2.22. The highest BCUT2D eigenvalue weighted by molar-refractivity contribution is 6.35. The Morgan fingerprint density at radius 3 is 1.92 bits per heavy atom. The second-order valence-electron chi connectivity index (χ2n) is 11.0. The number of benzene rings is 6. The van der Waals surface area contributed by atoms with Crippen molar-refractivity contribution in [3.05, 3.63) is 109 Å². The number of aliphatic imine (C=N–C) groups is 1. The molecule has 8 aromatic rings. The van der Waals surface area contributed by atoms with Crippen LogP contribution in [-0.2, 0) is 0 Å². The SMILES string of the molecule is C/C(=N\C(C(C)C)n1c2cccc3c4cc5oc6ccccc6c5cc4c4cccc1c4c32)c1ccccc1. The fourth-order valence-corrected chi connectivity index (χ4v) is 6.55. The molecule has 0 spiro atoms. The predicted octanol–water partition coefficient (Wildman–Crippen LogP) is 10.1. The van der Waals surface area contributed by atoms with Gasteiger partial charge in [0, 0.05) is 27.3 Å². The molecule has 0 saturated heterocycles. The van der Waals surface area contributed by atoms with Gasteiger partial charge in [-0.15, -0.1) is 0 Å². The molecule has 2 heterocycles. The molecular weight excluding hydrogens is 476 g/mol. The average molecular weight is 505 g/mol. The molecule has 0 fully saturated rings. The van der Waals surface area contributed by atoms with Crippen LogP contribution in [0.5, 0.6) is 0 Å². The van der Waals surface area contributed by atoms with E-state index in [1.165, 1.54) is 48.7 Å². The normalized spacial score (nSPS) is 13.8. The van der Waals surface area contributed by atoms with Crippen LogP contribution in [0, 0.1) is 5.92 Å². The highest BCUT2D eigenvalue weighted by Gasteiger charge is 2.25. The van der Waals surface area contributed by atoms with Crippen LogP contribution < -0.4 is 0 Å². The first-order valence-electron chi connectivity index (χ1n) is 13.7. The Bertz CT molecular complexity index is 2210. The summed E-state index contributed by atoms with van der Waals surface area (Å²) in [5, 5.41) is 10.00. The summed E-state index contributed by atoms with van der Waals surface area (Å²) in [5.74, 6) is 0.312. The smallest absolute Gasteiger partial charge is 0.136 e. The molecule has 8 rings (SSSR count). The maximum absolute atomic E-state index is 6.31. The van der Waals surface area contributed by atoms with Crippen LogP contribution in [0.25, 0.3) is 65.3 Å². The molecule has 0 aliphatic heterocycles. The van der Waals surface area contributed by atoms with E-state index in [1.807, 2.05) is 6.07 Å². The molecule has 0 aliphatic rings. The maximum Gasteiger partial charge on any atom is 0.136 e. The lowest BCUT2D eigenvalue weighted by Crippen LogP contribution is -2.15. The molecule has 0 aliphatic carbocycles. The lowest BCUT2D eigenvalue weighted by molar-refractivity contribution is 0.410. The summed E-state index contributed by atoms with van der Waals surface area (Å²) in [4.78, 5) is 5.35. The largest absolute Gasteiger partial charge is 0.456 e. The van der Waals surface area contributed by atoms with Crippen molar-refractivity contribution < 1.29 is 4.42 Å². The van der Waals surface area contributed by atoms with Crippen LogP contribution in [0.2, 0.25) is 0 Å². The van der Waals surface area contributed by atoms with Crippen molar-refractivity contribution in [2.75, 3.05) is 0 Å². The van der Waals surface area contributed by atoms with Gasteiger partial charge in [-0.2, -0.15) is 0 Å². The number of para-hydroxylation sites is 1. The Balaban J connectivity index is 1.49. The zero-order valence-corrected chi connectivity index (χ0v) is 22.3. The summed E-state index contributed by atoms with van der Waals surface area (Å²) in [6.07, 6.45) is -0.0304. The minimum absolute atomic E-state index is 0.0304. The molecule has 3 heteroatoms. The summed E-state index contributed by atoms with van der Waals surface area (Å²) >= 11 is 0. The van der Waals surface area contributed by atoms with Crippen molar-refractivity contribution in [1.29, 1.82) is 0 Å². The number of hydrogen-bond donors (Lipinski definition) is 0. The average Bonchev–Trinajstić information content (AvgIpc) is 3.50. The van der Waals surface area contributed by atoms with Gasteiger partial charge in [0.05, 0.1) is 11.0 Å². The van der Waals surface area contributed by atoms with Gasteiger partial charge in [-0.3, -0.25) is 4.99 Å². The minimum Gasteiger partial charge on any atom is -0.456 e. The molecule has 188 valence electrons. The van der Waals surface area contributed by atoms with Crippen molar-refractivity contribution >= 4 is 71.0 Å². The first-order valence-corrected chi connectivity index (χ1v) is 13.7. The molecule has 0 amide bonds. The van der Waals surface area contributed by atoms with Gasteiger partial charge in [-0.1, -0.05) is 86.6 Å². The lowest BCUT2D eigenvalue weighted by atomic mass is 9.93. The van der Waals surface area contributed by atoms with E-state index in [2.05, 4.69) is 122 Å². The Labute approximate surface area is 226 Å². The Kier molecular flexibility index (Phi) is 4.69. The van der Waals surface area contributed by atoms with Crippen molar-refractivity contribution in [1.82, 2.24) is 4.57 Å². The van der Waals surface area contributed by atoms with E-state index < -0.39 is 0 Å². The number of fused-ring (bicyclic) bond motifs is 6. The molecule has 0 saturated carbocycles. The highest BCUT2D eigenvalue weighted by Crippen LogP contribution is 2.46. The van der Waals surface area contributed by atoms with E-state index in [1.54, 1.807) is 0 Å². The summed E-state index contributed by atoms with van der Waals surface area (Å²) in [6, 6.07) is 36.9. The highest BCUT2D eigenvalue weighted by atomic mass is 16.3. The maximum atomic E-state index is 6.31. The monoisotopic (exact) mass is 504 g/mol. The molecule has 39 heavy (non-hydrogen) atoms. The quantitative estimate of drug-likeness (QED) is 0.173. The molecular formula is C36H28N2O. The topological polar surface area (TPSA) is 30.4 Å². The summed E-state index contributed by atoms with van der Waals surface area (Å²) in [5.41, 5.74) is 6.56. The predicted molar refractivity (Wildman–Crippen MR) is 165 cm³/mol. The summed E-state index contributed by atoms with van der Waals surface area (Å²) < 4.78 is 8.79. The molecule has 6 aromatic carbocycles. The van der Waals surface area contributed by atoms with Gasteiger partial charge < -0.3 is 8.98 Å². The van der Waals surface area contributed by atoms with Crippen LogP contribution in [0.1, 0.15) is 32.5 Å². The molecule has 0 bridgehead atoms. The standard InChI is InChI=1S/C36H28N2O/c1-21(2)36(37-22(3)23-11-5-4-6-12-23)38-30-16-9-14-25-27-19-29-24-13-7-8-18-32(24)39-33(29)20-28(27)26-15-10-17-31(38)35(26)34(25)30/h4-21,36H,1-3H3/b37-22+. The first-order chi connectivity index (χ1) is 19.1. The van der Waals surface area contributed by atoms with Crippen molar-refractivity contribution in [3.8, 4) is 0 Å². The minimum atomic E-state index is -0.0304. The van der Waals surface area contributed by atoms with Crippen molar-refractivity contribution in [2.45, 2.75) is 26.9 Å². The van der Waals surface area contributed by atoms with Gasteiger partial charge in [0.1, 0.15) is 17.3 Å². The Morgan fingerprint density at radius 2 is 1.23 bits per heavy atom. The number of furan rings is 1. The first kappa shape index (κ1) is 22.4. The number of hydrogen-bond acceptors (Lipinski definition) is 2. The Hall–Kier alpha value is -4.63. The van der Waals surface area contributed by atoms with E-state index in [4.69, 9.17) is 9.41 Å². The van der Waals surface area contributed by atoms with E-state index in [0.717, 1.165) is 27.8 Å². The van der Waals surface area contributed by atoms with Gasteiger partial charge in [-0.05, 0) is 70.3 Å². The number of rotatable bonds is 4. The molecule has 2 aromatic heterocycles. The zero-order valence-electron chi connectivity index (χ0n) is 22.3. The fourth-order valence-electron chi connectivity index (χ4n) is 6.55. The van der Waals surface area contributed by atoms with Crippen LogP contribution in [0.15, 0.2) is 113 Å². The molecule has 1 unspecified atom stereocenters. The molecule has 0 radical (unpaired) electrons. The third kappa shape index (κ3) is 3.13. The van der Waals surface area contributed by atoms with Crippen LogP contribution in [-0.4, -0.2) is 10.3 Å². The van der Waals surface area contributed by atoms with Gasteiger partial charge in [0.25, 0.3) is 0 Å². The Morgan fingerprint density at radius 1 is 0.615 bits per heavy atom. The third-order valence-corrected chi connectivity index (χ3v) is 8.33. The van der Waals surface area contributed by atoms with Gasteiger partial charge in [-0.25, -0.2) is 0 Å². The summed E-state index contributed by atoms with van der Waals surface area (Å²) in [7, 11) is 0. The van der Waals surface area contributed by atoms with E-state index in [0.29, 0.717) is 5.92 Å². The number of aromatic nitrogens is 1. The molecule has 1 atom stereocenters. The third-order valence-electron chi connectivity index (χ3n) is 8.33. The summed E-state index contributed by atoms with van der Waals surface area (Å²) in [6.45, 7) is 6.67. The van der Waals surface area contributed by atoms with E-state index in [-0.39, 0.29) is 6.17 Å². The van der Waals surface area contributed by atoms with Crippen LogP contribution in [0.4, 0.5) is 0 Å².